The van der Waals surface area contributed by atoms with Gasteiger partial charge in [0.25, 0.3) is 0 Å². The molecule has 0 amide bonds. The maximum atomic E-state index is 11.5. The van der Waals surface area contributed by atoms with Crippen LogP contribution in [0.3, 0.4) is 0 Å². The number of hydrogen-bond acceptors (Lipinski definition) is 6. The summed E-state index contributed by atoms with van der Waals surface area (Å²) < 4.78 is 16.5. The van der Waals surface area contributed by atoms with Gasteiger partial charge in [-0.05, 0) is 31.5 Å². The van der Waals surface area contributed by atoms with Crippen LogP contribution >= 0.6 is 0 Å². The van der Waals surface area contributed by atoms with Crippen LogP contribution in [0.5, 0.6) is 5.75 Å². The first-order valence-electron chi connectivity index (χ1n) is 8.28. The molecule has 3 rings (SSSR count). The average molecular weight is 344 g/mol. The highest BCUT2D eigenvalue weighted by Crippen LogP contribution is 2.34. The van der Waals surface area contributed by atoms with Crippen molar-refractivity contribution in [2.24, 2.45) is 5.92 Å². The fourth-order valence-corrected chi connectivity index (χ4v) is 3.38. The van der Waals surface area contributed by atoms with Crippen molar-refractivity contribution >= 4 is 22.7 Å². The van der Waals surface area contributed by atoms with Gasteiger partial charge in [0.05, 0.1) is 0 Å². The first kappa shape index (κ1) is 17.2. The molecule has 6 heteroatoms. The molecule has 1 heterocycles. The number of ketones is 1. The van der Waals surface area contributed by atoms with Crippen LogP contribution in [0, 0.1) is 5.92 Å². The second kappa shape index (κ2) is 7.09. The molecule has 1 aromatic heterocycles. The van der Waals surface area contributed by atoms with Crippen molar-refractivity contribution in [1.29, 1.82) is 0 Å². The molecule has 0 saturated heterocycles. The van der Waals surface area contributed by atoms with E-state index < -0.39 is 5.63 Å². The Hall–Kier alpha value is -2.63. The molecular weight excluding hydrogens is 324 g/mol. The highest BCUT2D eigenvalue weighted by Gasteiger charge is 2.38. The third-order valence-electron chi connectivity index (χ3n) is 4.35. The summed E-state index contributed by atoms with van der Waals surface area (Å²) in [6.45, 7) is 2.90. The topological polar surface area (TPSA) is 82.8 Å². The van der Waals surface area contributed by atoms with E-state index in [0.29, 0.717) is 30.6 Å². The molecule has 3 atom stereocenters. The molecule has 1 aliphatic rings. The molecular formula is C19H20O6. The number of carbonyl (C=O) groups is 2. The van der Waals surface area contributed by atoms with Crippen LogP contribution in [0.1, 0.15) is 33.1 Å². The first-order valence-corrected chi connectivity index (χ1v) is 8.28. The molecule has 0 unspecified atom stereocenters. The molecule has 1 aliphatic carbocycles. The Balaban J connectivity index is 1.74. The van der Waals surface area contributed by atoms with Gasteiger partial charge in [-0.25, -0.2) is 4.79 Å². The van der Waals surface area contributed by atoms with Crippen molar-refractivity contribution in [2.75, 3.05) is 0 Å². The van der Waals surface area contributed by atoms with Crippen molar-refractivity contribution < 1.29 is 23.5 Å². The summed E-state index contributed by atoms with van der Waals surface area (Å²) in [5.74, 6) is 0.253. The van der Waals surface area contributed by atoms with Crippen molar-refractivity contribution in [3.63, 3.8) is 0 Å². The van der Waals surface area contributed by atoms with Gasteiger partial charge in [-0.2, -0.15) is 0 Å². The minimum atomic E-state index is -0.415. The van der Waals surface area contributed by atoms with E-state index in [1.54, 1.807) is 12.1 Å². The third kappa shape index (κ3) is 4.26. The Bertz CT molecular complexity index is 828. The van der Waals surface area contributed by atoms with Crippen LogP contribution in [-0.2, 0) is 14.3 Å². The molecule has 0 aliphatic heterocycles. The van der Waals surface area contributed by atoms with E-state index in [1.807, 2.05) is 12.1 Å². The molecule has 1 saturated carbocycles. The van der Waals surface area contributed by atoms with Crippen molar-refractivity contribution in [3.8, 4) is 5.75 Å². The summed E-state index contributed by atoms with van der Waals surface area (Å²) in [6.07, 6.45) is 1.05. The monoisotopic (exact) mass is 344 g/mol. The lowest BCUT2D eigenvalue weighted by molar-refractivity contribution is -0.148. The predicted molar refractivity (Wildman–Crippen MR) is 90.5 cm³/mol. The van der Waals surface area contributed by atoms with Crippen LogP contribution in [0.25, 0.3) is 11.0 Å². The fraction of sp³-hybridized carbons (Fsp3) is 0.421. The second-order valence-electron chi connectivity index (χ2n) is 6.48. The standard InChI is InChI=1S/C19H20O6/c1-11(20)7-14-8-16(10-18(14)23-12(2)21)24-15-5-3-13-4-6-19(22)25-17(13)9-15/h3-6,9,14,16,18H,7-8,10H2,1-2H3/t14-,16+,18-/m0/s1. The predicted octanol–water partition coefficient (Wildman–Crippen LogP) is 2.86. The normalized spacial score (nSPS) is 22.7. The lowest BCUT2D eigenvalue weighted by atomic mass is 9.99. The quantitative estimate of drug-likeness (QED) is 0.613. The SMILES string of the molecule is CC(=O)C[C@H]1C[C@@H](Oc2ccc3ccc(=O)oc3c2)C[C@@H]1OC(C)=O. The Kier molecular flexibility index (Phi) is 4.88. The van der Waals surface area contributed by atoms with Gasteiger partial charge in [-0.1, -0.05) is 0 Å². The van der Waals surface area contributed by atoms with Crippen LogP contribution < -0.4 is 10.4 Å². The van der Waals surface area contributed by atoms with Crippen LogP contribution in [0.2, 0.25) is 0 Å². The number of hydrogen-bond donors (Lipinski definition) is 0. The van der Waals surface area contributed by atoms with Crippen LogP contribution in [0.4, 0.5) is 0 Å². The summed E-state index contributed by atoms with van der Waals surface area (Å²) >= 11 is 0. The van der Waals surface area contributed by atoms with E-state index in [9.17, 15) is 14.4 Å². The summed E-state index contributed by atoms with van der Waals surface area (Å²) in [6, 6.07) is 8.37. The molecule has 0 N–H and O–H groups in total. The van der Waals surface area contributed by atoms with E-state index in [4.69, 9.17) is 13.9 Å². The van der Waals surface area contributed by atoms with Crippen LogP contribution in [0.15, 0.2) is 39.5 Å². The molecule has 0 radical (unpaired) electrons. The largest absolute Gasteiger partial charge is 0.490 e. The minimum absolute atomic E-state index is 0.0372. The Morgan fingerprint density at radius 2 is 1.92 bits per heavy atom. The zero-order valence-electron chi connectivity index (χ0n) is 14.2. The number of rotatable bonds is 5. The minimum Gasteiger partial charge on any atom is -0.490 e. The lowest BCUT2D eigenvalue weighted by Crippen LogP contribution is -2.22. The maximum Gasteiger partial charge on any atom is 0.336 e. The summed E-state index contributed by atoms with van der Waals surface area (Å²) in [4.78, 5) is 34.1. The fourth-order valence-electron chi connectivity index (χ4n) is 3.38. The number of esters is 1. The molecule has 0 spiro atoms. The third-order valence-corrected chi connectivity index (χ3v) is 4.35. The highest BCUT2D eigenvalue weighted by atomic mass is 16.5. The molecule has 132 valence electrons. The molecule has 0 bridgehead atoms. The van der Waals surface area contributed by atoms with Gasteiger partial charge in [0.2, 0.25) is 0 Å². The van der Waals surface area contributed by atoms with E-state index in [1.165, 1.54) is 19.9 Å². The van der Waals surface area contributed by atoms with Crippen molar-refractivity contribution in [1.82, 2.24) is 0 Å². The van der Waals surface area contributed by atoms with Gasteiger partial charge in [-0.3, -0.25) is 4.79 Å². The van der Waals surface area contributed by atoms with Gasteiger partial charge in [0.1, 0.15) is 29.3 Å². The molecule has 6 nitrogen and oxygen atoms in total. The van der Waals surface area contributed by atoms with Gasteiger partial charge in [0.15, 0.2) is 0 Å². The van der Waals surface area contributed by atoms with E-state index >= 15 is 0 Å². The second-order valence-corrected chi connectivity index (χ2v) is 6.48. The molecule has 1 aromatic carbocycles. The first-order chi connectivity index (χ1) is 11.9. The number of ether oxygens (including phenoxy) is 2. The zero-order valence-corrected chi connectivity index (χ0v) is 14.2. The van der Waals surface area contributed by atoms with Gasteiger partial charge in [0, 0.05) is 43.2 Å². The molecule has 25 heavy (non-hydrogen) atoms. The number of Topliss-reactive ketones (excluding diaryl/α,β-unsaturated/α-hetero) is 1. The van der Waals surface area contributed by atoms with E-state index in [2.05, 4.69) is 0 Å². The maximum absolute atomic E-state index is 11.5. The van der Waals surface area contributed by atoms with Crippen molar-refractivity contribution in [2.45, 2.75) is 45.3 Å². The Labute approximate surface area is 144 Å². The summed E-state index contributed by atoms with van der Waals surface area (Å²) in [5, 5.41) is 0.811. The molecule has 1 fully saturated rings. The van der Waals surface area contributed by atoms with E-state index in [0.717, 1.165) is 5.39 Å². The van der Waals surface area contributed by atoms with Gasteiger partial charge >= 0.3 is 11.6 Å². The smallest absolute Gasteiger partial charge is 0.336 e. The number of fused-ring (bicyclic) bond motifs is 1. The van der Waals surface area contributed by atoms with Crippen molar-refractivity contribution in [3.05, 3.63) is 40.8 Å². The van der Waals surface area contributed by atoms with Crippen LogP contribution in [-0.4, -0.2) is 24.0 Å². The Morgan fingerprint density at radius 3 is 2.64 bits per heavy atom. The Morgan fingerprint density at radius 1 is 1.16 bits per heavy atom. The van der Waals surface area contributed by atoms with Gasteiger partial charge in [-0.15, -0.1) is 0 Å². The molecule has 2 aromatic rings. The average Bonchev–Trinajstić information content (AvgIpc) is 2.86. The number of benzene rings is 1. The summed E-state index contributed by atoms with van der Waals surface area (Å²) in [7, 11) is 0. The highest BCUT2D eigenvalue weighted by molar-refractivity contribution is 5.77. The lowest BCUT2D eigenvalue weighted by Gasteiger charge is -2.17. The van der Waals surface area contributed by atoms with Gasteiger partial charge < -0.3 is 18.7 Å². The summed E-state index contributed by atoms with van der Waals surface area (Å²) in [5.41, 5.74) is 0.0433. The zero-order chi connectivity index (χ0) is 18.0. The number of carbonyl (C=O) groups excluding carboxylic acids is 2. The van der Waals surface area contributed by atoms with E-state index in [-0.39, 0.29) is 29.9 Å².